The highest BCUT2D eigenvalue weighted by molar-refractivity contribution is 5.14. The van der Waals surface area contributed by atoms with E-state index >= 15 is 0 Å². The molecular weight excluding hydrogens is 188 g/mol. The van der Waals surface area contributed by atoms with E-state index in [0.29, 0.717) is 6.04 Å². The first-order valence-electron chi connectivity index (χ1n) is 5.53. The molecule has 1 aliphatic rings. The highest BCUT2D eigenvalue weighted by Gasteiger charge is 2.23. The Morgan fingerprint density at radius 1 is 1.40 bits per heavy atom. The molecule has 0 amide bonds. The lowest BCUT2D eigenvalue weighted by molar-refractivity contribution is -0.0402. The molecule has 0 aliphatic carbocycles. The molecule has 3 heteroatoms. The summed E-state index contributed by atoms with van der Waals surface area (Å²) in [5.41, 5.74) is 1.23. The van der Waals surface area contributed by atoms with Gasteiger partial charge in [-0.15, -0.1) is 0 Å². The lowest BCUT2D eigenvalue weighted by Gasteiger charge is -2.35. The molecule has 1 aromatic rings. The van der Waals surface area contributed by atoms with E-state index in [1.54, 1.807) is 0 Å². The van der Waals surface area contributed by atoms with Gasteiger partial charge in [-0.1, -0.05) is 0 Å². The van der Waals surface area contributed by atoms with E-state index < -0.39 is 0 Å². The van der Waals surface area contributed by atoms with Crippen molar-refractivity contribution in [2.24, 2.45) is 0 Å². The molecule has 15 heavy (non-hydrogen) atoms. The number of ether oxygens (including phenoxy) is 1. The standard InChI is InChI=1S/C12H18N2O/c1-10(2)14-7-8-15-12(9-14)11-3-5-13-6-4-11/h3-6,10,12H,7-9H2,1-2H3. The minimum absolute atomic E-state index is 0.212. The predicted octanol–water partition coefficient (Wildman–Crippen LogP) is 1.86. The molecule has 2 heterocycles. The minimum Gasteiger partial charge on any atom is -0.371 e. The summed E-state index contributed by atoms with van der Waals surface area (Å²) >= 11 is 0. The van der Waals surface area contributed by atoms with E-state index in [4.69, 9.17) is 4.74 Å². The second-order valence-corrected chi connectivity index (χ2v) is 4.23. The van der Waals surface area contributed by atoms with E-state index in [-0.39, 0.29) is 6.10 Å². The summed E-state index contributed by atoms with van der Waals surface area (Å²) in [5.74, 6) is 0. The second kappa shape index (κ2) is 4.73. The molecule has 0 aromatic carbocycles. The summed E-state index contributed by atoms with van der Waals surface area (Å²) in [6.45, 7) is 7.32. The first-order chi connectivity index (χ1) is 7.27. The number of pyridine rings is 1. The van der Waals surface area contributed by atoms with Crippen LogP contribution in [0.4, 0.5) is 0 Å². The van der Waals surface area contributed by atoms with Gasteiger partial charge in [0.15, 0.2) is 0 Å². The van der Waals surface area contributed by atoms with Gasteiger partial charge < -0.3 is 4.74 Å². The Bertz CT molecular complexity index is 300. The van der Waals surface area contributed by atoms with Gasteiger partial charge in [0.05, 0.1) is 12.7 Å². The zero-order valence-electron chi connectivity index (χ0n) is 9.39. The molecule has 2 rings (SSSR count). The maximum Gasteiger partial charge on any atom is 0.0953 e. The van der Waals surface area contributed by atoms with Crippen LogP contribution in [0.3, 0.4) is 0 Å². The lowest BCUT2D eigenvalue weighted by atomic mass is 10.1. The molecule has 82 valence electrons. The fourth-order valence-corrected chi connectivity index (χ4v) is 1.92. The fraction of sp³-hybridized carbons (Fsp3) is 0.583. The molecule has 0 saturated carbocycles. The Morgan fingerprint density at radius 3 is 2.80 bits per heavy atom. The van der Waals surface area contributed by atoms with Gasteiger partial charge in [0, 0.05) is 31.5 Å². The summed E-state index contributed by atoms with van der Waals surface area (Å²) in [4.78, 5) is 6.48. The van der Waals surface area contributed by atoms with Crippen molar-refractivity contribution in [1.82, 2.24) is 9.88 Å². The number of aromatic nitrogens is 1. The van der Waals surface area contributed by atoms with Crippen LogP contribution in [-0.2, 0) is 4.74 Å². The van der Waals surface area contributed by atoms with Crippen molar-refractivity contribution in [3.8, 4) is 0 Å². The topological polar surface area (TPSA) is 25.4 Å². The van der Waals surface area contributed by atoms with Gasteiger partial charge in [0.25, 0.3) is 0 Å². The van der Waals surface area contributed by atoms with Crippen LogP contribution in [0.1, 0.15) is 25.5 Å². The molecule has 0 radical (unpaired) electrons. The average Bonchev–Trinajstić information content (AvgIpc) is 2.30. The van der Waals surface area contributed by atoms with E-state index in [9.17, 15) is 0 Å². The predicted molar refractivity (Wildman–Crippen MR) is 59.6 cm³/mol. The molecule has 1 aliphatic heterocycles. The molecule has 1 aromatic heterocycles. The van der Waals surface area contributed by atoms with Crippen LogP contribution in [0.5, 0.6) is 0 Å². The van der Waals surface area contributed by atoms with E-state index in [2.05, 4.69) is 23.7 Å². The molecule has 3 nitrogen and oxygen atoms in total. The van der Waals surface area contributed by atoms with E-state index in [1.165, 1.54) is 5.56 Å². The summed E-state index contributed by atoms with van der Waals surface area (Å²) in [5, 5.41) is 0. The van der Waals surface area contributed by atoms with Crippen molar-refractivity contribution in [3.05, 3.63) is 30.1 Å². The largest absolute Gasteiger partial charge is 0.371 e. The van der Waals surface area contributed by atoms with Gasteiger partial charge in [0.2, 0.25) is 0 Å². The third-order valence-corrected chi connectivity index (χ3v) is 2.91. The van der Waals surface area contributed by atoms with Crippen molar-refractivity contribution in [2.75, 3.05) is 19.7 Å². The zero-order chi connectivity index (χ0) is 10.7. The lowest BCUT2D eigenvalue weighted by Crippen LogP contribution is -2.42. The molecule has 0 N–H and O–H groups in total. The van der Waals surface area contributed by atoms with Crippen molar-refractivity contribution in [3.63, 3.8) is 0 Å². The van der Waals surface area contributed by atoms with E-state index in [0.717, 1.165) is 19.7 Å². The van der Waals surface area contributed by atoms with Crippen LogP contribution < -0.4 is 0 Å². The van der Waals surface area contributed by atoms with Crippen LogP contribution in [0, 0.1) is 0 Å². The Kier molecular flexibility index (Phi) is 3.34. The highest BCUT2D eigenvalue weighted by atomic mass is 16.5. The number of hydrogen-bond acceptors (Lipinski definition) is 3. The molecule has 0 spiro atoms. The van der Waals surface area contributed by atoms with Crippen LogP contribution in [-0.4, -0.2) is 35.6 Å². The van der Waals surface area contributed by atoms with Crippen LogP contribution in [0.15, 0.2) is 24.5 Å². The third-order valence-electron chi connectivity index (χ3n) is 2.91. The summed E-state index contributed by atoms with van der Waals surface area (Å²) in [6, 6.07) is 4.67. The first kappa shape index (κ1) is 10.6. The summed E-state index contributed by atoms with van der Waals surface area (Å²) in [7, 11) is 0. The van der Waals surface area contributed by atoms with Gasteiger partial charge in [0.1, 0.15) is 0 Å². The van der Waals surface area contributed by atoms with Gasteiger partial charge in [-0.25, -0.2) is 0 Å². The van der Waals surface area contributed by atoms with Crippen molar-refractivity contribution in [1.29, 1.82) is 0 Å². The molecule has 0 bridgehead atoms. The Morgan fingerprint density at radius 2 is 2.13 bits per heavy atom. The number of morpholine rings is 1. The molecule has 1 saturated heterocycles. The number of rotatable bonds is 2. The quantitative estimate of drug-likeness (QED) is 0.738. The normalized spacial score (nSPS) is 23.3. The first-order valence-corrected chi connectivity index (χ1v) is 5.53. The maximum absolute atomic E-state index is 5.77. The molecule has 1 atom stereocenters. The smallest absolute Gasteiger partial charge is 0.0953 e. The molecule has 1 fully saturated rings. The van der Waals surface area contributed by atoms with Crippen LogP contribution in [0.2, 0.25) is 0 Å². The van der Waals surface area contributed by atoms with Crippen molar-refractivity contribution >= 4 is 0 Å². The SMILES string of the molecule is CC(C)N1CCOC(c2ccncc2)C1. The Hall–Kier alpha value is -0.930. The third kappa shape index (κ3) is 2.55. The van der Waals surface area contributed by atoms with Crippen LogP contribution in [0.25, 0.3) is 0 Å². The van der Waals surface area contributed by atoms with Crippen molar-refractivity contribution in [2.45, 2.75) is 26.0 Å². The zero-order valence-corrected chi connectivity index (χ0v) is 9.39. The number of hydrogen-bond donors (Lipinski definition) is 0. The Balaban J connectivity index is 2.05. The Labute approximate surface area is 91.1 Å². The minimum atomic E-state index is 0.212. The van der Waals surface area contributed by atoms with Crippen LogP contribution >= 0.6 is 0 Å². The summed E-state index contributed by atoms with van der Waals surface area (Å²) < 4.78 is 5.77. The van der Waals surface area contributed by atoms with E-state index in [1.807, 2.05) is 24.5 Å². The van der Waals surface area contributed by atoms with Crippen molar-refractivity contribution < 1.29 is 4.74 Å². The average molecular weight is 206 g/mol. The monoisotopic (exact) mass is 206 g/mol. The molecule has 1 unspecified atom stereocenters. The van der Waals surface area contributed by atoms with Gasteiger partial charge >= 0.3 is 0 Å². The number of nitrogens with zero attached hydrogens (tertiary/aromatic N) is 2. The molecular formula is C12H18N2O. The van der Waals surface area contributed by atoms with Gasteiger partial charge in [-0.2, -0.15) is 0 Å². The summed E-state index contributed by atoms with van der Waals surface area (Å²) in [6.07, 6.45) is 3.86. The highest BCUT2D eigenvalue weighted by Crippen LogP contribution is 2.22. The van der Waals surface area contributed by atoms with Gasteiger partial charge in [-0.05, 0) is 31.5 Å². The fourth-order valence-electron chi connectivity index (χ4n) is 1.92. The van der Waals surface area contributed by atoms with Gasteiger partial charge in [-0.3, -0.25) is 9.88 Å². The second-order valence-electron chi connectivity index (χ2n) is 4.23. The maximum atomic E-state index is 5.77.